The minimum absolute atomic E-state index is 0.0501. The van der Waals surface area contributed by atoms with Gasteiger partial charge in [-0.1, -0.05) is 0 Å². The normalized spacial score (nSPS) is 19.9. The summed E-state index contributed by atoms with van der Waals surface area (Å²) in [5.41, 5.74) is 0.759. The number of non-ortho nitro benzene ring substituents is 1. The first-order chi connectivity index (χ1) is 14.2. The second-order valence-electron chi connectivity index (χ2n) is 7.10. The summed E-state index contributed by atoms with van der Waals surface area (Å²) in [7, 11) is -3.69. The van der Waals surface area contributed by atoms with Gasteiger partial charge in [0.2, 0.25) is 10.0 Å². The lowest BCUT2D eigenvalue weighted by Gasteiger charge is -2.34. The van der Waals surface area contributed by atoms with Crippen LogP contribution in [0.25, 0.3) is 0 Å². The highest BCUT2D eigenvalue weighted by molar-refractivity contribution is 7.89. The number of nitrogens with zero attached hydrogens (tertiary/aromatic N) is 2. The molecule has 30 heavy (non-hydrogen) atoms. The third-order valence-corrected chi connectivity index (χ3v) is 6.48. The fourth-order valence-corrected chi connectivity index (χ4v) is 4.78. The highest BCUT2D eigenvalue weighted by atomic mass is 32.2. The van der Waals surface area contributed by atoms with Crippen molar-refractivity contribution in [1.29, 1.82) is 0 Å². The number of ether oxygens (including phenoxy) is 2. The average Bonchev–Trinajstić information content (AvgIpc) is 2.71. The third kappa shape index (κ3) is 5.02. The number of rotatable bonds is 6. The number of morpholine rings is 1. The van der Waals surface area contributed by atoms with Crippen molar-refractivity contribution in [3.05, 3.63) is 69.8 Å². The summed E-state index contributed by atoms with van der Waals surface area (Å²) < 4.78 is 37.9. The van der Waals surface area contributed by atoms with E-state index in [4.69, 9.17) is 9.47 Å². The molecule has 1 aliphatic heterocycles. The van der Waals surface area contributed by atoms with Crippen molar-refractivity contribution in [3.8, 4) is 0 Å². The van der Waals surface area contributed by atoms with Crippen LogP contribution in [-0.2, 0) is 26.1 Å². The number of esters is 1. The van der Waals surface area contributed by atoms with Crippen LogP contribution < -0.4 is 0 Å². The van der Waals surface area contributed by atoms with Crippen LogP contribution in [0.3, 0.4) is 0 Å². The number of nitro groups is 1. The lowest BCUT2D eigenvalue weighted by molar-refractivity contribution is -0.384. The second-order valence-corrected chi connectivity index (χ2v) is 9.04. The number of nitro benzene ring substituents is 1. The van der Waals surface area contributed by atoms with Gasteiger partial charge in [-0.3, -0.25) is 10.1 Å². The zero-order valence-corrected chi connectivity index (χ0v) is 17.4. The Balaban J connectivity index is 1.64. The summed E-state index contributed by atoms with van der Waals surface area (Å²) in [6.45, 7) is 4.13. The molecule has 0 aliphatic carbocycles. The van der Waals surface area contributed by atoms with E-state index in [9.17, 15) is 23.3 Å². The van der Waals surface area contributed by atoms with Crippen LogP contribution in [0.1, 0.15) is 29.8 Å². The monoisotopic (exact) mass is 434 g/mol. The Morgan fingerprint density at radius 1 is 1.10 bits per heavy atom. The van der Waals surface area contributed by atoms with Crippen molar-refractivity contribution < 1.29 is 27.6 Å². The number of carbonyl (C=O) groups is 1. The molecule has 0 amide bonds. The number of hydrogen-bond donors (Lipinski definition) is 0. The van der Waals surface area contributed by atoms with E-state index in [0.29, 0.717) is 5.56 Å². The molecule has 0 N–H and O–H groups in total. The molecule has 0 bridgehead atoms. The Morgan fingerprint density at radius 3 is 2.20 bits per heavy atom. The summed E-state index contributed by atoms with van der Waals surface area (Å²) in [6.07, 6.45) is -0.394. The molecule has 1 heterocycles. The molecule has 0 saturated carbocycles. The fourth-order valence-electron chi connectivity index (χ4n) is 3.19. The predicted octanol–water partition coefficient (Wildman–Crippen LogP) is 2.75. The predicted molar refractivity (Wildman–Crippen MR) is 107 cm³/mol. The summed E-state index contributed by atoms with van der Waals surface area (Å²) >= 11 is 0. The van der Waals surface area contributed by atoms with Gasteiger partial charge >= 0.3 is 5.97 Å². The molecular formula is C20H22N2O7S. The minimum atomic E-state index is -3.69. The van der Waals surface area contributed by atoms with E-state index < -0.39 is 20.9 Å². The van der Waals surface area contributed by atoms with Gasteiger partial charge in [0.25, 0.3) is 5.69 Å². The van der Waals surface area contributed by atoms with Crippen molar-refractivity contribution in [2.24, 2.45) is 0 Å². The summed E-state index contributed by atoms with van der Waals surface area (Å²) in [4.78, 5) is 22.5. The van der Waals surface area contributed by atoms with Crippen LogP contribution >= 0.6 is 0 Å². The lowest BCUT2D eigenvalue weighted by Crippen LogP contribution is -2.48. The standard InChI is InChI=1S/C20H22N2O7S/c1-14-11-21(12-15(2)29-14)30(26,27)19-9-5-17(6-10-19)20(23)28-13-16-3-7-18(8-4-16)22(24)25/h3-10,14-15H,11-13H2,1-2H3/t14-,15-/m0/s1. The van der Waals surface area contributed by atoms with Crippen LogP contribution in [0.5, 0.6) is 0 Å². The minimum Gasteiger partial charge on any atom is -0.457 e. The molecule has 2 aromatic carbocycles. The first-order valence-electron chi connectivity index (χ1n) is 9.33. The Morgan fingerprint density at radius 2 is 1.67 bits per heavy atom. The van der Waals surface area contributed by atoms with Gasteiger partial charge in [0, 0.05) is 25.2 Å². The van der Waals surface area contributed by atoms with E-state index in [1.165, 1.54) is 52.8 Å². The van der Waals surface area contributed by atoms with E-state index >= 15 is 0 Å². The zero-order chi connectivity index (χ0) is 21.9. The van der Waals surface area contributed by atoms with Crippen LogP contribution in [0.15, 0.2) is 53.4 Å². The first kappa shape index (κ1) is 21.9. The van der Waals surface area contributed by atoms with Gasteiger partial charge in [-0.2, -0.15) is 4.31 Å². The molecule has 1 fully saturated rings. The largest absolute Gasteiger partial charge is 0.457 e. The van der Waals surface area contributed by atoms with Crippen molar-refractivity contribution >= 4 is 21.7 Å². The van der Waals surface area contributed by atoms with Gasteiger partial charge in [0.1, 0.15) is 6.61 Å². The maximum absolute atomic E-state index is 12.9. The van der Waals surface area contributed by atoms with E-state index in [-0.39, 0.29) is 48.1 Å². The fraction of sp³-hybridized carbons (Fsp3) is 0.350. The molecule has 10 heteroatoms. The van der Waals surface area contributed by atoms with Crippen LogP contribution in [0.2, 0.25) is 0 Å². The van der Waals surface area contributed by atoms with Crippen LogP contribution in [-0.4, -0.2) is 48.9 Å². The summed E-state index contributed by atoms with van der Waals surface area (Å²) in [5, 5.41) is 10.7. The Bertz CT molecular complexity index is 1010. The van der Waals surface area contributed by atoms with Gasteiger partial charge in [0.15, 0.2) is 0 Å². The molecule has 1 aliphatic rings. The smallest absolute Gasteiger partial charge is 0.338 e. The third-order valence-electron chi connectivity index (χ3n) is 4.63. The van der Waals surface area contributed by atoms with E-state index in [0.717, 1.165) is 0 Å². The first-order valence-corrected chi connectivity index (χ1v) is 10.8. The highest BCUT2D eigenvalue weighted by Crippen LogP contribution is 2.22. The average molecular weight is 434 g/mol. The molecule has 9 nitrogen and oxygen atoms in total. The molecular weight excluding hydrogens is 412 g/mol. The van der Waals surface area contributed by atoms with Gasteiger partial charge in [-0.15, -0.1) is 0 Å². The van der Waals surface area contributed by atoms with Crippen LogP contribution in [0, 0.1) is 10.1 Å². The maximum atomic E-state index is 12.9. The van der Waals surface area contributed by atoms with Gasteiger partial charge in [-0.25, -0.2) is 13.2 Å². The highest BCUT2D eigenvalue weighted by Gasteiger charge is 2.32. The topological polar surface area (TPSA) is 116 Å². The van der Waals surface area contributed by atoms with Gasteiger partial charge in [0.05, 0.1) is 27.6 Å². The second kappa shape index (κ2) is 8.90. The zero-order valence-electron chi connectivity index (χ0n) is 16.6. The van der Waals surface area contributed by atoms with Crippen molar-refractivity contribution in [1.82, 2.24) is 4.31 Å². The Labute approximate surface area is 174 Å². The molecule has 0 aromatic heterocycles. The number of hydrogen-bond acceptors (Lipinski definition) is 7. The molecule has 1 saturated heterocycles. The summed E-state index contributed by atoms with van der Waals surface area (Å²) in [6, 6.07) is 11.2. The van der Waals surface area contributed by atoms with Crippen molar-refractivity contribution in [2.75, 3.05) is 13.1 Å². The van der Waals surface area contributed by atoms with Gasteiger partial charge in [-0.05, 0) is 55.8 Å². The van der Waals surface area contributed by atoms with Gasteiger partial charge < -0.3 is 9.47 Å². The summed E-state index contributed by atoms with van der Waals surface area (Å²) in [5.74, 6) is -0.620. The molecule has 0 unspecified atom stereocenters. The number of benzene rings is 2. The Kier molecular flexibility index (Phi) is 6.49. The molecule has 0 spiro atoms. The van der Waals surface area contributed by atoms with E-state index in [1.807, 2.05) is 13.8 Å². The Hall–Kier alpha value is -2.82. The SMILES string of the molecule is C[C@H]1CN(S(=O)(=O)c2ccc(C(=O)OCc3ccc([N+](=O)[O-])cc3)cc2)C[C@H](C)O1. The molecule has 2 aromatic rings. The van der Waals surface area contributed by atoms with Crippen molar-refractivity contribution in [3.63, 3.8) is 0 Å². The molecule has 3 rings (SSSR count). The molecule has 160 valence electrons. The van der Waals surface area contributed by atoms with E-state index in [1.54, 1.807) is 0 Å². The number of sulfonamides is 1. The quantitative estimate of drug-likeness (QED) is 0.390. The maximum Gasteiger partial charge on any atom is 0.338 e. The molecule has 2 atom stereocenters. The molecule has 0 radical (unpaired) electrons. The van der Waals surface area contributed by atoms with Crippen molar-refractivity contribution in [2.45, 2.75) is 37.6 Å². The van der Waals surface area contributed by atoms with E-state index in [2.05, 4.69) is 0 Å². The lowest BCUT2D eigenvalue weighted by atomic mass is 10.2. The van der Waals surface area contributed by atoms with Crippen LogP contribution in [0.4, 0.5) is 5.69 Å². The number of carbonyl (C=O) groups excluding carboxylic acids is 1.